The highest BCUT2D eigenvalue weighted by molar-refractivity contribution is 6.30. The van der Waals surface area contributed by atoms with Crippen LogP contribution in [-0.4, -0.2) is 10.8 Å². The molecule has 2 aromatic carbocycles. The van der Waals surface area contributed by atoms with Gasteiger partial charge in [-0.25, -0.2) is 0 Å². The lowest BCUT2D eigenvalue weighted by Crippen LogP contribution is -2.11. The van der Waals surface area contributed by atoms with Gasteiger partial charge in [0.1, 0.15) is 5.75 Å². The molecule has 2 N–H and O–H groups in total. The molecular weight excluding hydrogens is 272 g/mol. The number of benzene rings is 2. The first kappa shape index (κ1) is 12.8. The van der Waals surface area contributed by atoms with Crippen molar-refractivity contribution in [2.75, 3.05) is 5.73 Å². The second-order valence-corrected chi connectivity index (χ2v) is 5.13. The SMILES string of the molecule is CC1=C[N+](c2ccc(N)cc2Oc2cccc(Cl)c2)=C1. The summed E-state index contributed by atoms with van der Waals surface area (Å²) in [6, 6.07) is 12.9. The Kier molecular flexibility index (Phi) is 3.20. The van der Waals surface area contributed by atoms with Crippen LogP contribution in [0.15, 0.2) is 54.2 Å². The van der Waals surface area contributed by atoms with Crippen molar-refractivity contribution in [1.82, 2.24) is 0 Å². The van der Waals surface area contributed by atoms with Crippen LogP contribution in [0.4, 0.5) is 11.4 Å². The summed E-state index contributed by atoms with van der Waals surface area (Å²) in [4.78, 5) is 0. The summed E-state index contributed by atoms with van der Waals surface area (Å²) < 4.78 is 7.92. The van der Waals surface area contributed by atoms with Crippen LogP contribution in [0.1, 0.15) is 6.92 Å². The Labute approximate surface area is 122 Å². The first-order chi connectivity index (χ1) is 9.61. The van der Waals surface area contributed by atoms with Crippen molar-refractivity contribution >= 4 is 29.2 Å². The number of halogens is 1. The minimum atomic E-state index is 0.638. The Hall–Kier alpha value is -2.26. The number of hydrogen-bond acceptors (Lipinski definition) is 2. The van der Waals surface area contributed by atoms with Gasteiger partial charge in [-0.1, -0.05) is 17.7 Å². The van der Waals surface area contributed by atoms with Gasteiger partial charge in [-0.2, -0.15) is 4.58 Å². The summed E-state index contributed by atoms with van der Waals surface area (Å²) in [5.41, 5.74) is 8.67. The van der Waals surface area contributed by atoms with Crippen LogP contribution in [0.2, 0.25) is 5.02 Å². The predicted molar refractivity (Wildman–Crippen MR) is 82.1 cm³/mol. The highest BCUT2D eigenvalue weighted by Crippen LogP contribution is 2.35. The molecule has 0 radical (unpaired) electrons. The number of nitrogens with two attached hydrogens (primary N) is 1. The summed E-state index contributed by atoms with van der Waals surface area (Å²) in [6.07, 6.45) is 4.08. The van der Waals surface area contributed by atoms with E-state index in [1.54, 1.807) is 6.07 Å². The topological polar surface area (TPSA) is 38.3 Å². The lowest BCUT2D eigenvalue weighted by molar-refractivity contribution is -0.368. The Morgan fingerprint density at radius 1 is 1.15 bits per heavy atom. The molecule has 2 aromatic rings. The standard InChI is InChI=1S/C16H14ClN2O/c1-11-9-19(10-11)15-6-5-13(18)8-16(15)20-14-4-2-3-12(17)7-14/h2-10H,18H2,1H3/q+1. The third kappa shape index (κ3) is 2.53. The van der Waals surface area contributed by atoms with E-state index < -0.39 is 0 Å². The van der Waals surface area contributed by atoms with E-state index in [4.69, 9.17) is 22.1 Å². The van der Waals surface area contributed by atoms with Gasteiger partial charge in [0.05, 0.1) is 5.57 Å². The number of allylic oxidation sites excluding steroid dienone is 1. The van der Waals surface area contributed by atoms with Crippen LogP contribution in [0.5, 0.6) is 11.5 Å². The first-order valence-corrected chi connectivity index (χ1v) is 6.64. The monoisotopic (exact) mass is 285 g/mol. The van der Waals surface area contributed by atoms with Crippen LogP contribution >= 0.6 is 11.6 Å². The molecule has 1 heterocycles. The average molecular weight is 286 g/mol. The normalized spacial score (nSPS) is 13.3. The average Bonchev–Trinajstić information content (AvgIpc) is 2.36. The third-order valence-electron chi connectivity index (χ3n) is 2.97. The van der Waals surface area contributed by atoms with Gasteiger partial charge >= 0.3 is 0 Å². The van der Waals surface area contributed by atoms with Crippen molar-refractivity contribution in [3.05, 3.63) is 59.3 Å². The summed E-state index contributed by atoms with van der Waals surface area (Å²) in [6.45, 7) is 2.05. The van der Waals surface area contributed by atoms with Crippen LogP contribution in [0.3, 0.4) is 0 Å². The van der Waals surface area contributed by atoms with Crippen molar-refractivity contribution in [3.8, 4) is 11.5 Å². The van der Waals surface area contributed by atoms with Gasteiger partial charge in [0.15, 0.2) is 12.4 Å². The minimum Gasteiger partial charge on any atom is -0.450 e. The van der Waals surface area contributed by atoms with E-state index in [2.05, 4.69) is 0 Å². The third-order valence-corrected chi connectivity index (χ3v) is 3.21. The Bertz CT molecular complexity index is 735. The molecular formula is C16H14ClN2O+. The molecule has 0 bridgehead atoms. The summed E-state index contributed by atoms with van der Waals surface area (Å²) >= 11 is 5.97. The second kappa shape index (κ2) is 5.02. The molecule has 1 aliphatic rings. The van der Waals surface area contributed by atoms with Gasteiger partial charge in [-0.15, -0.1) is 0 Å². The number of anilines is 1. The highest BCUT2D eigenvalue weighted by Gasteiger charge is 2.21. The maximum Gasteiger partial charge on any atom is 0.253 e. The van der Waals surface area contributed by atoms with Crippen molar-refractivity contribution in [1.29, 1.82) is 0 Å². The zero-order chi connectivity index (χ0) is 14.1. The minimum absolute atomic E-state index is 0.638. The van der Waals surface area contributed by atoms with E-state index in [0.29, 0.717) is 22.2 Å². The summed E-state index contributed by atoms with van der Waals surface area (Å²) in [7, 11) is 0. The molecule has 0 aliphatic carbocycles. The maximum atomic E-state index is 5.97. The number of nitrogens with zero attached hydrogens (tertiary/aromatic N) is 1. The molecule has 0 fully saturated rings. The molecule has 0 aromatic heterocycles. The van der Waals surface area contributed by atoms with Crippen molar-refractivity contribution in [2.24, 2.45) is 0 Å². The Balaban J connectivity index is 1.96. The first-order valence-electron chi connectivity index (χ1n) is 6.26. The summed E-state index contributed by atoms with van der Waals surface area (Å²) in [5.74, 6) is 1.39. The van der Waals surface area contributed by atoms with Crippen molar-refractivity contribution in [3.63, 3.8) is 0 Å². The van der Waals surface area contributed by atoms with Gasteiger partial charge in [0, 0.05) is 22.8 Å². The zero-order valence-electron chi connectivity index (χ0n) is 11.0. The quantitative estimate of drug-likeness (QED) is 0.673. The van der Waals surface area contributed by atoms with Crippen molar-refractivity contribution < 1.29 is 9.31 Å². The van der Waals surface area contributed by atoms with E-state index in [1.165, 1.54) is 5.57 Å². The molecule has 0 saturated heterocycles. The molecule has 100 valence electrons. The smallest absolute Gasteiger partial charge is 0.253 e. The van der Waals surface area contributed by atoms with E-state index in [1.807, 2.05) is 60.3 Å². The molecule has 3 nitrogen and oxygen atoms in total. The lowest BCUT2D eigenvalue weighted by Gasteiger charge is -2.11. The van der Waals surface area contributed by atoms with Crippen LogP contribution in [0.25, 0.3) is 0 Å². The highest BCUT2D eigenvalue weighted by atomic mass is 35.5. The number of rotatable bonds is 3. The largest absolute Gasteiger partial charge is 0.450 e. The van der Waals surface area contributed by atoms with Crippen LogP contribution < -0.4 is 10.5 Å². The molecule has 1 aliphatic heterocycles. The van der Waals surface area contributed by atoms with E-state index >= 15 is 0 Å². The van der Waals surface area contributed by atoms with Gasteiger partial charge in [-0.3, -0.25) is 0 Å². The molecule has 0 amide bonds. The van der Waals surface area contributed by atoms with Crippen molar-refractivity contribution in [2.45, 2.75) is 6.92 Å². The van der Waals surface area contributed by atoms with Gasteiger partial charge < -0.3 is 10.5 Å². The predicted octanol–water partition coefficient (Wildman–Crippen LogP) is 4.35. The fourth-order valence-electron chi connectivity index (χ4n) is 2.05. The van der Waals surface area contributed by atoms with E-state index in [-0.39, 0.29) is 0 Å². The fourth-order valence-corrected chi connectivity index (χ4v) is 2.23. The van der Waals surface area contributed by atoms with Gasteiger partial charge in [0.2, 0.25) is 5.75 Å². The van der Waals surface area contributed by atoms with Crippen LogP contribution in [-0.2, 0) is 0 Å². The summed E-state index contributed by atoms with van der Waals surface area (Å²) in [5, 5.41) is 0.638. The molecule has 20 heavy (non-hydrogen) atoms. The number of nitrogen functional groups attached to an aromatic ring is 1. The molecule has 4 heteroatoms. The Morgan fingerprint density at radius 2 is 1.95 bits per heavy atom. The number of hydrogen-bond donors (Lipinski definition) is 1. The molecule has 3 rings (SSSR count). The van der Waals surface area contributed by atoms with E-state index in [0.717, 1.165) is 5.69 Å². The molecule has 0 unspecified atom stereocenters. The molecule has 0 atom stereocenters. The lowest BCUT2D eigenvalue weighted by atomic mass is 10.2. The number of ether oxygens (including phenoxy) is 1. The van der Waals surface area contributed by atoms with E-state index in [9.17, 15) is 0 Å². The molecule has 0 spiro atoms. The van der Waals surface area contributed by atoms with Crippen LogP contribution in [0, 0.1) is 0 Å². The van der Waals surface area contributed by atoms with Gasteiger partial charge in [0.25, 0.3) is 5.69 Å². The molecule has 0 saturated carbocycles. The second-order valence-electron chi connectivity index (χ2n) is 4.70. The Morgan fingerprint density at radius 3 is 2.65 bits per heavy atom. The van der Waals surface area contributed by atoms with Gasteiger partial charge in [-0.05, 0) is 31.2 Å². The fraction of sp³-hybridized carbons (Fsp3) is 0.0625. The maximum absolute atomic E-state index is 5.97. The zero-order valence-corrected chi connectivity index (χ0v) is 11.8.